The summed E-state index contributed by atoms with van der Waals surface area (Å²) in [7, 11) is -0.300. The molecule has 1 heterocycles. The van der Waals surface area contributed by atoms with E-state index in [0.717, 1.165) is 12.8 Å². The van der Waals surface area contributed by atoms with Crippen LogP contribution in [-0.4, -0.2) is 17.1 Å². The minimum absolute atomic E-state index is 0.119. The summed E-state index contributed by atoms with van der Waals surface area (Å²) >= 11 is 0. The Morgan fingerprint density at radius 2 is 1.90 bits per heavy atom. The van der Waals surface area contributed by atoms with Crippen molar-refractivity contribution < 1.29 is 0 Å². The lowest BCUT2D eigenvalue weighted by molar-refractivity contribution is 0.576. The highest BCUT2D eigenvalue weighted by molar-refractivity contribution is 7.60. The minimum atomic E-state index is -0.300. The molecule has 4 atom stereocenters. The van der Waals surface area contributed by atoms with E-state index in [-0.39, 0.29) is 12.7 Å². The molecule has 2 aromatic carbocycles. The molecule has 0 saturated carbocycles. The maximum Gasteiger partial charge on any atom is 0.148 e. The van der Waals surface area contributed by atoms with Crippen molar-refractivity contribution in [2.24, 2.45) is 11.8 Å². The normalized spacial score (nSPS) is 29.1. The monoisotopic (exact) mass is 413 g/mol. The van der Waals surface area contributed by atoms with Gasteiger partial charge in [-0.2, -0.15) is 0 Å². The number of hydrogen-bond donors (Lipinski definition) is 0. The maximum atomic E-state index is 4.59. The topological polar surface area (TPSA) is 0 Å². The van der Waals surface area contributed by atoms with Gasteiger partial charge in [-0.3, -0.25) is 0 Å². The largest absolute Gasteiger partial charge is 0.148 e. The number of allylic oxidation sites excluding steroid dienone is 5. The van der Waals surface area contributed by atoms with Crippen LogP contribution in [0.4, 0.5) is 0 Å². The van der Waals surface area contributed by atoms with Gasteiger partial charge in [0, 0.05) is 11.8 Å². The lowest BCUT2D eigenvalue weighted by Gasteiger charge is -2.34. The molecule has 2 aromatic rings. The first kappa shape index (κ1) is 21.1. The Bertz CT molecular complexity index is 1220. The van der Waals surface area contributed by atoms with Crippen LogP contribution in [0.15, 0.2) is 72.9 Å². The van der Waals surface area contributed by atoms with Gasteiger partial charge in [-0.1, -0.05) is 69.0 Å². The molecular weight excluding hydrogens is 379 g/mol. The molecule has 4 unspecified atom stereocenters. The van der Waals surface area contributed by atoms with E-state index in [2.05, 4.69) is 108 Å². The van der Waals surface area contributed by atoms with Crippen molar-refractivity contribution in [3.63, 3.8) is 0 Å². The van der Waals surface area contributed by atoms with Crippen molar-refractivity contribution in [3.05, 3.63) is 83.3 Å². The third kappa shape index (κ3) is 3.46. The molecule has 0 radical (unpaired) electrons. The van der Waals surface area contributed by atoms with Crippen LogP contribution in [0, 0.1) is 11.8 Å². The molecule has 1 heteroatoms. The van der Waals surface area contributed by atoms with Gasteiger partial charge in [-0.15, -0.1) is 0 Å². The molecule has 4 rings (SSSR count). The predicted molar refractivity (Wildman–Crippen MR) is 138 cm³/mol. The Hall–Kier alpha value is -2.17. The zero-order valence-corrected chi connectivity index (χ0v) is 20.0. The fraction of sp³-hybridized carbons (Fsp3) is 0.345. The highest BCUT2D eigenvalue weighted by Crippen LogP contribution is 2.52. The van der Waals surface area contributed by atoms with Crippen molar-refractivity contribution in [1.29, 1.82) is 0 Å². The van der Waals surface area contributed by atoms with Crippen molar-refractivity contribution in [1.82, 2.24) is 0 Å². The number of hydrogen-bond acceptors (Lipinski definition) is 0. The molecule has 0 amide bonds. The third-order valence-corrected chi connectivity index (χ3v) is 10.7. The van der Waals surface area contributed by atoms with Crippen molar-refractivity contribution in [2.75, 3.05) is 6.66 Å². The van der Waals surface area contributed by atoms with Gasteiger partial charge in [0.25, 0.3) is 0 Å². The highest BCUT2D eigenvalue weighted by atomic mass is 31.1. The minimum Gasteiger partial charge on any atom is -0.0915 e. The standard InChI is InChI=1S/C29H34P/c1-7-8-17-29(5)27-16-15-25-18-23-11-9-10-12-24(23)19-26(25)28(27)21(3)14-13-20(2)22(4)30(29)6/h8-15,17-20,27H,3,7,16H2,1-2,4-6H3/q+1/b14-13-,17-8?. The Labute approximate surface area is 182 Å². The molecule has 2 aliphatic rings. The SMILES string of the molecule is C=C1/C=C\C(C)C(C)=[P+](C)C(C)(C=CCC)C2CC=c3cc4ccccc4cc3=C12. The molecule has 1 aliphatic heterocycles. The van der Waals surface area contributed by atoms with Gasteiger partial charge in [0.2, 0.25) is 0 Å². The number of rotatable bonds is 2. The molecule has 0 aromatic heterocycles. The summed E-state index contributed by atoms with van der Waals surface area (Å²) in [4.78, 5) is 0. The van der Waals surface area contributed by atoms with Crippen molar-refractivity contribution in [2.45, 2.75) is 45.7 Å². The van der Waals surface area contributed by atoms with Crippen LogP contribution >= 0.6 is 7.55 Å². The molecule has 154 valence electrons. The van der Waals surface area contributed by atoms with Gasteiger partial charge in [-0.25, -0.2) is 0 Å². The first-order valence-corrected chi connectivity index (χ1v) is 13.0. The predicted octanol–water partition coefficient (Wildman–Crippen LogP) is 6.58. The molecule has 30 heavy (non-hydrogen) atoms. The van der Waals surface area contributed by atoms with E-state index in [9.17, 15) is 0 Å². The van der Waals surface area contributed by atoms with Gasteiger partial charge in [-0.05, 0) is 77.3 Å². The molecular formula is C29H34P+. The quantitative estimate of drug-likeness (QED) is 0.385. The smallest absolute Gasteiger partial charge is 0.0915 e. The maximum absolute atomic E-state index is 4.59. The lowest BCUT2D eigenvalue weighted by atomic mass is 9.76. The molecule has 0 nitrogen and oxygen atoms in total. The molecule has 0 N–H and O–H groups in total. The fourth-order valence-electron chi connectivity index (χ4n) is 5.13. The van der Waals surface area contributed by atoms with E-state index in [1.165, 1.54) is 32.4 Å². The van der Waals surface area contributed by atoms with Crippen LogP contribution in [0.2, 0.25) is 0 Å². The zero-order valence-electron chi connectivity index (χ0n) is 19.1. The Morgan fingerprint density at radius 1 is 1.20 bits per heavy atom. The lowest BCUT2D eigenvalue weighted by Crippen LogP contribution is -2.40. The second-order valence-electron chi connectivity index (χ2n) is 9.10. The van der Waals surface area contributed by atoms with Gasteiger partial charge < -0.3 is 0 Å². The van der Waals surface area contributed by atoms with Crippen LogP contribution in [0.25, 0.3) is 22.4 Å². The molecule has 0 spiro atoms. The van der Waals surface area contributed by atoms with Crippen LogP contribution < -0.4 is 10.4 Å². The van der Waals surface area contributed by atoms with E-state index in [4.69, 9.17) is 0 Å². The Balaban J connectivity index is 2.10. The summed E-state index contributed by atoms with van der Waals surface area (Å²) < 4.78 is 0. The summed E-state index contributed by atoms with van der Waals surface area (Å²) in [5.41, 5.74) is 2.64. The third-order valence-electron chi connectivity index (χ3n) is 7.37. The Kier molecular flexibility index (Phi) is 5.73. The van der Waals surface area contributed by atoms with Crippen molar-refractivity contribution in [3.8, 4) is 0 Å². The van der Waals surface area contributed by atoms with Crippen LogP contribution in [0.3, 0.4) is 0 Å². The van der Waals surface area contributed by atoms with E-state index in [0.29, 0.717) is 11.8 Å². The van der Waals surface area contributed by atoms with E-state index < -0.39 is 0 Å². The van der Waals surface area contributed by atoms with Crippen LogP contribution in [0.1, 0.15) is 40.5 Å². The number of benzene rings is 2. The van der Waals surface area contributed by atoms with Gasteiger partial charge in [0.1, 0.15) is 18.0 Å². The fourth-order valence-corrected chi connectivity index (χ4v) is 7.62. The average molecular weight is 414 g/mol. The zero-order chi connectivity index (χ0) is 21.5. The van der Waals surface area contributed by atoms with E-state index in [1.54, 1.807) is 5.29 Å². The molecule has 0 fully saturated rings. The van der Waals surface area contributed by atoms with Crippen LogP contribution in [0.5, 0.6) is 0 Å². The van der Waals surface area contributed by atoms with Crippen molar-refractivity contribution >= 4 is 35.3 Å². The summed E-state index contributed by atoms with van der Waals surface area (Å²) in [6.45, 7) is 16.5. The molecule has 1 aliphatic carbocycles. The van der Waals surface area contributed by atoms with Gasteiger partial charge in [0.05, 0.1) is 6.66 Å². The first-order chi connectivity index (χ1) is 14.4. The second kappa shape index (κ2) is 8.16. The summed E-state index contributed by atoms with van der Waals surface area (Å²) in [6.07, 6.45) is 14.2. The van der Waals surface area contributed by atoms with E-state index >= 15 is 0 Å². The summed E-state index contributed by atoms with van der Waals surface area (Å²) in [5, 5.41) is 7.13. The summed E-state index contributed by atoms with van der Waals surface area (Å²) in [5.74, 6) is 0.926. The average Bonchev–Trinajstić information content (AvgIpc) is 2.79. The summed E-state index contributed by atoms with van der Waals surface area (Å²) in [6, 6.07) is 13.5. The van der Waals surface area contributed by atoms with Crippen LogP contribution in [-0.2, 0) is 0 Å². The molecule has 0 saturated heterocycles. The van der Waals surface area contributed by atoms with Gasteiger partial charge in [0.15, 0.2) is 0 Å². The molecule has 0 bridgehead atoms. The second-order valence-corrected chi connectivity index (χ2v) is 11.9. The number of fused-ring (bicyclic) bond motifs is 3. The Morgan fingerprint density at radius 3 is 2.60 bits per heavy atom. The highest BCUT2D eigenvalue weighted by Gasteiger charge is 2.46. The first-order valence-electron chi connectivity index (χ1n) is 11.2. The van der Waals surface area contributed by atoms with E-state index in [1.807, 2.05) is 0 Å². The van der Waals surface area contributed by atoms with Gasteiger partial charge >= 0.3 is 0 Å².